The van der Waals surface area contributed by atoms with Crippen molar-refractivity contribution < 1.29 is 33.6 Å². The Morgan fingerprint density at radius 1 is 1.03 bits per heavy atom. The predicted octanol–water partition coefficient (Wildman–Crippen LogP) is 2.87. The molecule has 2 aromatic carbocycles. The third-order valence-corrected chi connectivity index (χ3v) is 7.10. The molecular formula is C29H38N2O7. The van der Waals surface area contributed by atoms with Crippen LogP contribution in [0.1, 0.15) is 55.4 Å². The second-order valence-corrected chi connectivity index (χ2v) is 9.95. The van der Waals surface area contributed by atoms with Crippen LogP contribution >= 0.6 is 0 Å². The number of esters is 1. The average Bonchev–Trinajstić information content (AvgIpc) is 2.93. The van der Waals surface area contributed by atoms with Crippen molar-refractivity contribution in [3.63, 3.8) is 0 Å². The van der Waals surface area contributed by atoms with E-state index in [4.69, 9.17) is 18.9 Å². The molecule has 0 unspecified atom stereocenters. The van der Waals surface area contributed by atoms with Gasteiger partial charge in [-0.3, -0.25) is 14.5 Å². The number of nitrogens with one attached hydrogen (secondary N) is 1. The number of aliphatic hydroxyl groups excluding tert-OH is 1. The van der Waals surface area contributed by atoms with Gasteiger partial charge in [-0.05, 0) is 23.6 Å². The van der Waals surface area contributed by atoms with Gasteiger partial charge in [0.1, 0.15) is 0 Å². The van der Waals surface area contributed by atoms with E-state index < -0.39 is 18.4 Å². The van der Waals surface area contributed by atoms with Crippen LogP contribution in [0.3, 0.4) is 0 Å². The number of hydrogen-bond acceptors (Lipinski definition) is 8. The van der Waals surface area contributed by atoms with E-state index in [1.807, 2.05) is 48.5 Å². The molecule has 1 amide bonds. The molecule has 2 fully saturated rings. The summed E-state index contributed by atoms with van der Waals surface area (Å²) < 4.78 is 23.5. The molecule has 0 saturated carbocycles. The number of amides is 1. The summed E-state index contributed by atoms with van der Waals surface area (Å²) in [5.74, 6) is -0.727. The lowest BCUT2D eigenvalue weighted by molar-refractivity contribution is -0.277. The first-order valence-corrected chi connectivity index (χ1v) is 13.2. The molecule has 206 valence electrons. The van der Waals surface area contributed by atoms with Crippen LogP contribution in [-0.2, 0) is 41.7 Å². The van der Waals surface area contributed by atoms with Crippen molar-refractivity contribution >= 4 is 11.9 Å². The molecule has 0 bridgehead atoms. The molecule has 2 N–H and O–H groups in total. The molecule has 0 aromatic heterocycles. The van der Waals surface area contributed by atoms with Crippen LogP contribution in [0.25, 0.3) is 0 Å². The molecular weight excluding hydrogens is 488 g/mol. The van der Waals surface area contributed by atoms with Gasteiger partial charge in [-0.2, -0.15) is 0 Å². The van der Waals surface area contributed by atoms with Crippen LogP contribution in [0.4, 0.5) is 0 Å². The number of carbonyl (C=O) groups is 2. The second kappa shape index (κ2) is 13.3. The van der Waals surface area contributed by atoms with E-state index in [1.54, 1.807) is 6.92 Å². The number of aliphatic hydroxyl groups is 1. The van der Waals surface area contributed by atoms with Gasteiger partial charge in [-0.25, -0.2) is 0 Å². The first-order valence-electron chi connectivity index (χ1n) is 13.2. The summed E-state index contributed by atoms with van der Waals surface area (Å²) in [7, 11) is 0. The van der Waals surface area contributed by atoms with Crippen molar-refractivity contribution in [2.24, 2.45) is 5.92 Å². The number of hydrogen-bond donors (Lipinski definition) is 2. The van der Waals surface area contributed by atoms with Crippen molar-refractivity contribution in [3.05, 3.63) is 70.8 Å². The summed E-state index contributed by atoms with van der Waals surface area (Å²) in [5, 5.41) is 12.2. The van der Waals surface area contributed by atoms with E-state index in [2.05, 4.69) is 17.1 Å². The lowest BCUT2D eigenvalue weighted by Crippen LogP contribution is -2.47. The summed E-state index contributed by atoms with van der Waals surface area (Å²) in [5.41, 5.74) is 3.71. The first-order chi connectivity index (χ1) is 18.3. The highest BCUT2D eigenvalue weighted by atomic mass is 16.7. The van der Waals surface area contributed by atoms with Crippen LogP contribution < -0.4 is 5.32 Å². The Morgan fingerprint density at radius 2 is 1.66 bits per heavy atom. The largest absolute Gasteiger partial charge is 0.453 e. The van der Waals surface area contributed by atoms with Gasteiger partial charge in [0, 0.05) is 44.6 Å². The van der Waals surface area contributed by atoms with E-state index in [0.717, 1.165) is 55.1 Å². The number of benzene rings is 2. The lowest BCUT2D eigenvalue weighted by Gasteiger charge is -2.43. The first kappa shape index (κ1) is 28.2. The smallest absolute Gasteiger partial charge is 0.303 e. The Labute approximate surface area is 224 Å². The fraction of sp³-hybridized carbons (Fsp3) is 0.517. The summed E-state index contributed by atoms with van der Waals surface area (Å²) >= 11 is 0. The summed E-state index contributed by atoms with van der Waals surface area (Å²) in [4.78, 5) is 25.6. The van der Waals surface area contributed by atoms with Gasteiger partial charge in [-0.15, -0.1) is 0 Å². The normalized spacial score (nSPS) is 24.9. The second-order valence-electron chi connectivity index (χ2n) is 9.95. The fourth-order valence-electron chi connectivity index (χ4n) is 4.79. The SMILES string of the molecule is CC(=O)O[C@@H](C)C(=O)NCc1ccc([C@@H]2O[C@H](CN3CCOCC3)[C@H](C)[C@H](c3ccc(CO)cc3)O2)cc1. The average molecular weight is 527 g/mol. The predicted molar refractivity (Wildman–Crippen MR) is 140 cm³/mol. The molecule has 5 atom stereocenters. The van der Waals surface area contributed by atoms with Gasteiger partial charge in [0.2, 0.25) is 0 Å². The summed E-state index contributed by atoms with van der Waals surface area (Å²) in [6, 6.07) is 15.7. The molecule has 0 aliphatic carbocycles. The zero-order chi connectivity index (χ0) is 27.1. The Balaban J connectivity index is 1.46. The molecule has 0 spiro atoms. The summed E-state index contributed by atoms with van der Waals surface area (Å²) in [6.45, 7) is 9.30. The third kappa shape index (κ3) is 7.39. The molecule has 38 heavy (non-hydrogen) atoms. The van der Waals surface area contributed by atoms with Gasteiger partial charge >= 0.3 is 5.97 Å². The zero-order valence-corrected chi connectivity index (χ0v) is 22.3. The van der Waals surface area contributed by atoms with Crippen LogP contribution in [0.15, 0.2) is 48.5 Å². The Morgan fingerprint density at radius 3 is 2.29 bits per heavy atom. The van der Waals surface area contributed by atoms with Gasteiger partial charge in [-0.1, -0.05) is 55.5 Å². The molecule has 0 radical (unpaired) electrons. The number of carbonyl (C=O) groups excluding carboxylic acids is 2. The van der Waals surface area contributed by atoms with Gasteiger partial charge in [0.15, 0.2) is 12.4 Å². The van der Waals surface area contributed by atoms with Gasteiger partial charge in [0.05, 0.1) is 32.0 Å². The van der Waals surface area contributed by atoms with E-state index in [1.165, 1.54) is 6.92 Å². The minimum Gasteiger partial charge on any atom is -0.453 e. The number of nitrogens with zero attached hydrogens (tertiary/aromatic N) is 1. The van der Waals surface area contributed by atoms with Crippen molar-refractivity contribution in [2.75, 3.05) is 32.8 Å². The quantitative estimate of drug-likeness (QED) is 0.481. The highest BCUT2D eigenvalue weighted by Gasteiger charge is 2.39. The minimum atomic E-state index is -0.843. The lowest BCUT2D eigenvalue weighted by atomic mass is 9.90. The minimum absolute atomic E-state index is 0.00220. The van der Waals surface area contributed by atoms with E-state index in [9.17, 15) is 14.7 Å². The van der Waals surface area contributed by atoms with Crippen molar-refractivity contribution in [3.8, 4) is 0 Å². The number of ether oxygens (including phenoxy) is 4. The highest BCUT2D eigenvalue weighted by molar-refractivity contribution is 5.82. The standard InChI is InChI=1S/C29H38N2O7/c1-19-26(17-31-12-14-35-15-13-31)37-29(38-27(19)24-8-6-23(18-32)7-9-24)25-10-4-22(5-11-25)16-30-28(34)20(2)36-21(3)33/h4-11,19-20,26-27,29,32H,12-18H2,1-3H3,(H,30,34)/t19-,20-,26+,27+,29+/m0/s1. The van der Waals surface area contributed by atoms with E-state index in [-0.39, 0.29) is 30.6 Å². The monoisotopic (exact) mass is 526 g/mol. The Bertz CT molecular complexity index is 1050. The molecule has 9 heteroatoms. The van der Waals surface area contributed by atoms with Crippen LogP contribution in [0.2, 0.25) is 0 Å². The van der Waals surface area contributed by atoms with Crippen LogP contribution in [0.5, 0.6) is 0 Å². The van der Waals surface area contributed by atoms with Crippen molar-refractivity contribution in [1.29, 1.82) is 0 Å². The van der Waals surface area contributed by atoms with Crippen molar-refractivity contribution in [1.82, 2.24) is 10.2 Å². The molecule has 2 aliphatic heterocycles. The maximum absolute atomic E-state index is 12.2. The van der Waals surface area contributed by atoms with Crippen LogP contribution in [0, 0.1) is 5.92 Å². The van der Waals surface area contributed by atoms with Crippen molar-refractivity contribution in [2.45, 2.75) is 58.5 Å². The fourth-order valence-corrected chi connectivity index (χ4v) is 4.79. The molecule has 2 saturated heterocycles. The molecule has 2 aliphatic rings. The Kier molecular flexibility index (Phi) is 9.87. The molecule has 9 nitrogen and oxygen atoms in total. The zero-order valence-electron chi connectivity index (χ0n) is 22.3. The highest BCUT2D eigenvalue weighted by Crippen LogP contribution is 2.41. The van der Waals surface area contributed by atoms with Gasteiger partial charge < -0.3 is 29.4 Å². The number of rotatable bonds is 9. The maximum Gasteiger partial charge on any atom is 0.303 e. The van der Waals surface area contributed by atoms with Gasteiger partial charge in [0.25, 0.3) is 5.91 Å². The number of morpholine rings is 1. The topological polar surface area (TPSA) is 107 Å². The molecule has 2 aromatic rings. The van der Waals surface area contributed by atoms with E-state index >= 15 is 0 Å². The van der Waals surface area contributed by atoms with Crippen LogP contribution in [-0.4, -0.2) is 66.9 Å². The third-order valence-electron chi connectivity index (χ3n) is 7.10. The molecule has 4 rings (SSSR count). The molecule has 2 heterocycles. The maximum atomic E-state index is 12.2. The summed E-state index contributed by atoms with van der Waals surface area (Å²) in [6.07, 6.45) is -1.61. The van der Waals surface area contributed by atoms with E-state index in [0.29, 0.717) is 6.54 Å². The Hall–Kier alpha value is -2.82.